The number of fused-ring (bicyclic) bond motifs is 11. The molecule has 0 unspecified atom stereocenters. The Kier molecular flexibility index (Phi) is 6.22. The number of aromatic nitrogens is 2. The highest BCUT2D eigenvalue weighted by molar-refractivity contribution is 6.10. The lowest BCUT2D eigenvalue weighted by Gasteiger charge is -2.25. The number of benzene rings is 7. The van der Waals surface area contributed by atoms with E-state index in [9.17, 15) is 0 Å². The van der Waals surface area contributed by atoms with Crippen LogP contribution in [-0.2, 0) is 0 Å². The maximum atomic E-state index is 4.47. The van der Waals surface area contributed by atoms with Crippen molar-refractivity contribution in [2.75, 3.05) is 0 Å². The van der Waals surface area contributed by atoms with Crippen molar-refractivity contribution in [1.29, 1.82) is 0 Å². The van der Waals surface area contributed by atoms with E-state index in [2.05, 4.69) is 179 Å². The minimum atomic E-state index is 1.11. The number of para-hydroxylation sites is 1. The molecule has 49 heavy (non-hydrogen) atoms. The van der Waals surface area contributed by atoms with Gasteiger partial charge in [-0.05, 0) is 97.1 Å². The average Bonchev–Trinajstić information content (AvgIpc) is 3.51. The molecule has 0 aliphatic heterocycles. The Labute approximate surface area is 285 Å². The number of hydrogen-bond donors (Lipinski definition) is 0. The summed E-state index contributed by atoms with van der Waals surface area (Å²) >= 11 is 0. The molecule has 0 saturated heterocycles. The fraction of sp³-hybridized carbons (Fsp3) is 0. The smallest absolute Gasteiger partial charge is 0.0724 e. The minimum absolute atomic E-state index is 1.11. The predicted octanol–water partition coefficient (Wildman–Crippen LogP) is 12.5. The maximum absolute atomic E-state index is 4.47. The summed E-state index contributed by atoms with van der Waals surface area (Å²) in [5, 5.41) is 2.43. The SMILES string of the molecule is c1ccc(-n2c3ccc(-c4ccc(-c5cccc6c5-c5ccccc5-c5ccccc5-c5ccccc5-6)cc4)cc3c3ccncc32)cc1. The highest BCUT2D eigenvalue weighted by Gasteiger charge is 2.24. The largest absolute Gasteiger partial charge is 0.308 e. The van der Waals surface area contributed by atoms with Gasteiger partial charge in [0, 0.05) is 22.7 Å². The van der Waals surface area contributed by atoms with Crippen LogP contribution in [-0.4, -0.2) is 9.55 Å². The van der Waals surface area contributed by atoms with E-state index in [1.54, 1.807) is 0 Å². The molecular weight excluding hydrogens is 593 g/mol. The van der Waals surface area contributed by atoms with Crippen molar-refractivity contribution in [3.8, 4) is 72.4 Å². The van der Waals surface area contributed by atoms with Gasteiger partial charge < -0.3 is 4.57 Å². The molecule has 1 aliphatic carbocycles. The van der Waals surface area contributed by atoms with Gasteiger partial charge >= 0.3 is 0 Å². The molecule has 9 aromatic rings. The molecule has 228 valence electrons. The quantitative estimate of drug-likeness (QED) is 0.192. The predicted molar refractivity (Wildman–Crippen MR) is 205 cm³/mol. The van der Waals surface area contributed by atoms with Gasteiger partial charge in [0.15, 0.2) is 0 Å². The average molecular weight is 623 g/mol. The van der Waals surface area contributed by atoms with Gasteiger partial charge in [0.25, 0.3) is 0 Å². The number of pyridine rings is 1. The molecule has 0 spiro atoms. The van der Waals surface area contributed by atoms with Crippen molar-refractivity contribution in [2.45, 2.75) is 0 Å². The standard InChI is InChI=1S/C47H30N2/c1-2-11-34(12-3-1)49-45-26-25-33(29-44(45)41-27-28-48-30-46(41)49)31-21-23-32(24-22-31)35-19-10-20-43-40-16-7-6-15-38(40)36-13-4-5-14-37(36)39-17-8-9-18-42(39)47(35)43/h1-30H. The third kappa shape index (κ3) is 4.31. The van der Waals surface area contributed by atoms with Gasteiger partial charge in [0.05, 0.1) is 17.2 Å². The molecule has 10 rings (SSSR count). The Morgan fingerprint density at radius 1 is 0.347 bits per heavy atom. The van der Waals surface area contributed by atoms with Crippen LogP contribution >= 0.6 is 0 Å². The molecule has 1 aliphatic rings. The molecular formula is C47H30N2. The summed E-state index contributed by atoms with van der Waals surface area (Å²) < 4.78 is 2.31. The van der Waals surface area contributed by atoms with Crippen LogP contribution in [0.3, 0.4) is 0 Å². The summed E-state index contributed by atoms with van der Waals surface area (Å²) in [6.45, 7) is 0. The van der Waals surface area contributed by atoms with E-state index in [1.165, 1.54) is 83.1 Å². The molecule has 0 atom stereocenters. The first kappa shape index (κ1) is 27.6. The van der Waals surface area contributed by atoms with E-state index in [1.807, 2.05) is 12.4 Å². The number of nitrogens with zero attached hydrogens (tertiary/aromatic N) is 2. The Morgan fingerprint density at radius 3 is 1.57 bits per heavy atom. The zero-order valence-electron chi connectivity index (χ0n) is 26.7. The summed E-state index contributed by atoms with van der Waals surface area (Å²) in [5.74, 6) is 0. The van der Waals surface area contributed by atoms with Gasteiger partial charge in [0.2, 0.25) is 0 Å². The first-order valence-electron chi connectivity index (χ1n) is 16.8. The van der Waals surface area contributed by atoms with E-state index in [-0.39, 0.29) is 0 Å². The van der Waals surface area contributed by atoms with E-state index in [4.69, 9.17) is 0 Å². The van der Waals surface area contributed by atoms with Crippen LogP contribution in [0.2, 0.25) is 0 Å². The minimum Gasteiger partial charge on any atom is -0.308 e. The molecule has 2 heterocycles. The van der Waals surface area contributed by atoms with Crippen LogP contribution in [0.5, 0.6) is 0 Å². The van der Waals surface area contributed by atoms with Gasteiger partial charge in [-0.15, -0.1) is 0 Å². The zero-order valence-corrected chi connectivity index (χ0v) is 26.7. The van der Waals surface area contributed by atoms with E-state index in [0.29, 0.717) is 0 Å². The van der Waals surface area contributed by atoms with Crippen molar-refractivity contribution in [1.82, 2.24) is 9.55 Å². The highest BCUT2D eigenvalue weighted by atomic mass is 15.0. The first-order chi connectivity index (χ1) is 24.3. The van der Waals surface area contributed by atoms with Crippen molar-refractivity contribution in [3.63, 3.8) is 0 Å². The Balaban J connectivity index is 1.13. The molecule has 0 bridgehead atoms. The molecule has 2 nitrogen and oxygen atoms in total. The molecule has 0 radical (unpaired) electrons. The van der Waals surface area contributed by atoms with Gasteiger partial charge in [-0.1, -0.05) is 140 Å². The molecule has 2 heteroatoms. The molecule has 0 fully saturated rings. The lowest BCUT2D eigenvalue weighted by atomic mass is 9.78. The van der Waals surface area contributed by atoms with Crippen molar-refractivity contribution >= 4 is 21.8 Å². The van der Waals surface area contributed by atoms with Gasteiger partial charge in [0.1, 0.15) is 0 Å². The fourth-order valence-corrected chi connectivity index (χ4v) is 7.89. The molecule has 0 N–H and O–H groups in total. The van der Waals surface area contributed by atoms with E-state index < -0.39 is 0 Å². The zero-order chi connectivity index (χ0) is 32.3. The maximum Gasteiger partial charge on any atom is 0.0724 e. The number of rotatable bonds is 3. The Hall–Kier alpha value is -6.51. The normalized spacial score (nSPS) is 11.7. The second-order valence-electron chi connectivity index (χ2n) is 12.7. The molecule has 0 saturated carbocycles. The van der Waals surface area contributed by atoms with Crippen LogP contribution < -0.4 is 0 Å². The first-order valence-corrected chi connectivity index (χ1v) is 16.8. The fourth-order valence-electron chi connectivity index (χ4n) is 7.89. The van der Waals surface area contributed by atoms with Gasteiger partial charge in [-0.2, -0.15) is 0 Å². The molecule has 7 aromatic carbocycles. The third-order valence-electron chi connectivity index (χ3n) is 10.1. The van der Waals surface area contributed by atoms with Crippen LogP contribution in [0.1, 0.15) is 0 Å². The monoisotopic (exact) mass is 622 g/mol. The second kappa shape index (κ2) is 11.0. The third-order valence-corrected chi connectivity index (χ3v) is 10.1. The lowest BCUT2D eigenvalue weighted by Crippen LogP contribution is -1.98. The van der Waals surface area contributed by atoms with Gasteiger partial charge in [-0.3, -0.25) is 4.98 Å². The van der Waals surface area contributed by atoms with Crippen molar-refractivity contribution < 1.29 is 0 Å². The van der Waals surface area contributed by atoms with Crippen molar-refractivity contribution in [3.05, 3.63) is 182 Å². The molecule has 2 aromatic heterocycles. The van der Waals surface area contributed by atoms with Crippen LogP contribution in [0.4, 0.5) is 0 Å². The highest BCUT2D eigenvalue weighted by Crippen LogP contribution is 2.50. The van der Waals surface area contributed by atoms with Crippen molar-refractivity contribution in [2.24, 2.45) is 0 Å². The van der Waals surface area contributed by atoms with Crippen LogP contribution in [0, 0.1) is 0 Å². The Bertz CT molecular complexity index is 2690. The van der Waals surface area contributed by atoms with Crippen LogP contribution in [0.15, 0.2) is 182 Å². The summed E-state index contributed by atoms with van der Waals surface area (Å²) in [4.78, 5) is 4.47. The summed E-state index contributed by atoms with van der Waals surface area (Å²) in [7, 11) is 0. The molecule has 0 amide bonds. The topological polar surface area (TPSA) is 17.8 Å². The van der Waals surface area contributed by atoms with Gasteiger partial charge in [-0.25, -0.2) is 0 Å². The summed E-state index contributed by atoms with van der Waals surface area (Å²) in [5.41, 5.74) is 18.4. The van der Waals surface area contributed by atoms with Crippen LogP contribution in [0.25, 0.3) is 94.3 Å². The van der Waals surface area contributed by atoms with E-state index >= 15 is 0 Å². The number of hydrogen-bond acceptors (Lipinski definition) is 1. The van der Waals surface area contributed by atoms with E-state index in [0.717, 1.165) is 11.2 Å². The lowest BCUT2D eigenvalue weighted by molar-refractivity contribution is 1.17. The Morgan fingerprint density at radius 2 is 0.878 bits per heavy atom. The summed E-state index contributed by atoms with van der Waals surface area (Å²) in [6, 6.07) is 61.9. The summed E-state index contributed by atoms with van der Waals surface area (Å²) in [6.07, 6.45) is 3.86. The second-order valence-corrected chi connectivity index (χ2v) is 12.7.